The van der Waals surface area contributed by atoms with Crippen molar-refractivity contribution in [2.45, 2.75) is 51.0 Å². The maximum atomic E-state index is 5.97. The highest BCUT2D eigenvalue weighted by molar-refractivity contribution is 5.15. The van der Waals surface area contributed by atoms with Gasteiger partial charge in [0.2, 0.25) is 0 Å². The zero-order valence-corrected chi connectivity index (χ0v) is 14.5. The molecule has 24 heavy (non-hydrogen) atoms. The van der Waals surface area contributed by atoms with Crippen LogP contribution in [0.25, 0.3) is 0 Å². The second-order valence-electron chi connectivity index (χ2n) is 7.10. The fourth-order valence-electron chi connectivity index (χ4n) is 3.09. The first kappa shape index (κ1) is 15.9. The van der Waals surface area contributed by atoms with E-state index in [1.165, 1.54) is 0 Å². The summed E-state index contributed by atoms with van der Waals surface area (Å²) < 4.78 is 22.6. The molecule has 5 nitrogen and oxygen atoms in total. The molecule has 2 aliphatic rings. The van der Waals surface area contributed by atoms with Gasteiger partial charge in [-0.05, 0) is 31.3 Å². The van der Waals surface area contributed by atoms with Crippen molar-refractivity contribution in [2.75, 3.05) is 20.3 Å². The van der Waals surface area contributed by atoms with Crippen LogP contribution in [0.4, 0.5) is 0 Å². The normalized spacial score (nSPS) is 25.0. The lowest BCUT2D eigenvalue weighted by Gasteiger charge is -2.13. The number of rotatable bonds is 8. The molecule has 0 radical (unpaired) electrons. The monoisotopic (exact) mass is 331 g/mol. The molecular weight excluding hydrogens is 306 g/mol. The first-order chi connectivity index (χ1) is 11.6. The molecule has 4 rings (SSSR count). The van der Waals surface area contributed by atoms with Crippen molar-refractivity contribution in [3.05, 3.63) is 47.3 Å². The minimum absolute atomic E-state index is 0.334. The Kier molecular flexibility index (Phi) is 4.24. The Labute approximate surface area is 142 Å². The number of hydrogen-bond acceptors (Lipinski definition) is 5. The van der Waals surface area contributed by atoms with E-state index >= 15 is 0 Å². The third-order valence-electron chi connectivity index (χ3n) is 4.95. The first-order valence-corrected chi connectivity index (χ1v) is 8.69. The molecule has 4 atom stereocenters. The molecule has 0 N–H and O–H groups in total. The van der Waals surface area contributed by atoms with Gasteiger partial charge in [-0.1, -0.05) is 13.8 Å². The predicted molar refractivity (Wildman–Crippen MR) is 88.9 cm³/mol. The molecule has 0 saturated carbocycles. The van der Waals surface area contributed by atoms with Crippen molar-refractivity contribution in [1.29, 1.82) is 0 Å². The van der Waals surface area contributed by atoms with Gasteiger partial charge in [0.15, 0.2) is 0 Å². The second kappa shape index (κ2) is 6.39. The summed E-state index contributed by atoms with van der Waals surface area (Å²) in [5.41, 5.74) is 0. The molecular formula is C19H25NO4. The third-order valence-corrected chi connectivity index (χ3v) is 4.95. The number of ether oxygens (including phenoxy) is 2. The van der Waals surface area contributed by atoms with Gasteiger partial charge in [0, 0.05) is 11.8 Å². The Morgan fingerprint density at radius 3 is 1.67 bits per heavy atom. The van der Waals surface area contributed by atoms with E-state index in [4.69, 9.17) is 18.3 Å². The van der Waals surface area contributed by atoms with Gasteiger partial charge in [-0.15, -0.1) is 0 Å². The fourth-order valence-corrected chi connectivity index (χ4v) is 3.09. The smallest absolute Gasteiger partial charge is 0.118 e. The van der Waals surface area contributed by atoms with Crippen molar-refractivity contribution in [2.24, 2.45) is 0 Å². The molecule has 2 saturated heterocycles. The second-order valence-corrected chi connectivity index (χ2v) is 7.10. The highest BCUT2D eigenvalue weighted by atomic mass is 16.6. The van der Waals surface area contributed by atoms with Crippen LogP contribution in [0.3, 0.4) is 0 Å². The van der Waals surface area contributed by atoms with Crippen LogP contribution < -0.4 is 0 Å². The van der Waals surface area contributed by atoms with Crippen molar-refractivity contribution in [1.82, 2.24) is 4.90 Å². The molecule has 2 aromatic heterocycles. The molecule has 130 valence electrons. The van der Waals surface area contributed by atoms with Crippen LogP contribution in [0.1, 0.15) is 48.7 Å². The van der Waals surface area contributed by atoms with Crippen molar-refractivity contribution in [3.8, 4) is 0 Å². The number of epoxide rings is 2. The topological polar surface area (TPSA) is 54.6 Å². The molecule has 0 spiro atoms. The molecule has 4 heterocycles. The van der Waals surface area contributed by atoms with E-state index in [0.29, 0.717) is 24.0 Å². The minimum atomic E-state index is 0.334. The summed E-state index contributed by atoms with van der Waals surface area (Å²) in [5.74, 6) is 4.66. The highest BCUT2D eigenvalue weighted by Crippen LogP contribution is 2.32. The molecule has 2 aromatic rings. The summed E-state index contributed by atoms with van der Waals surface area (Å²) in [4.78, 5) is 2.20. The molecule has 5 heteroatoms. The lowest BCUT2D eigenvalue weighted by molar-refractivity contribution is 0.252. The van der Waals surface area contributed by atoms with Crippen molar-refractivity contribution in [3.63, 3.8) is 0 Å². The maximum absolute atomic E-state index is 5.97. The van der Waals surface area contributed by atoms with E-state index in [1.54, 1.807) is 0 Å². The summed E-state index contributed by atoms with van der Waals surface area (Å²) in [5, 5.41) is 0. The molecule has 0 bridgehead atoms. The summed E-state index contributed by atoms with van der Waals surface area (Å²) >= 11 is 0. The van der Waals surface area contributed by atoms with Crippen molar-refractivity contribution >= 4 is 0 Å². The highest BCUT2D eigenvalue weighted by Gasteiger charge is 2.33. The summed E-state index contributed by atoms with van der Waals surface area (Å²) in [6.45, 7) is 7.52. The van der Waals surface area contributed by atoms with E-state index in [1.807, 2.05) is 0 Å². The zero-order valence-electron chi connectivity index (χ0n) is 14.5. The predicted octanol–water partition coefficient (Wildman–Crippen LogP) is 3.51. The van der Waals surface area contributed by atoms with Gasteiger partial charge in [0.05, 0.1) is 38.5 Å². The molecule has 2 aliphatic heterocycles. The van der Waals surface area contributed by atoms with Gasteiger partial charge in [0.25, 0.3) is 0 Å². The van der Waals surface area contributed by atoms with Crippen LogP contribution in [0.15, 0.2) is 33.1 Å². The van der Waals surface area contributed by atoms with E-state index in [9.17, 15) is 0 Å². The lowest BCUT2D eigenvalue weighted by Crippen LogP contribution is -2.16. The number of nitrogens with zero attached hydrogens (tertiary/aromatic N) is 1. The lowest BCUT2D eigenvalue weighted by atomic mass is 10.1. The molecule has 4 unspecified atom stereocenters. The number of furan rings is 2. The third kappa shape index (κ3) is 3.58. The summed E-state index contributed by atoms with van der Waals surface area (Å²) in [7, 11) is 2.07. The molecule has 2 fully saturated rings. The van der Waals surface area contributed by atoms with Crippen LogP contribution in [-0.2, 0) is 22.6 Å². The minimum Gasteiger partial charge on any atom is -0.464 e. The van der Waals surface area contributed by atoms with E-state index < -0.39 is 0 Å². The van der Waals surface area contributed by atoms with Gasteiger partial charge in [-0.25, -0.2) is 0 Å². The SMILES string of the molecule is CC(c1ccc(CN(C)Cc2ccc(C(C)C3CO3)o2)o1)C1CO1. The Bertz CT molecular complexity index is 625. The summed E-state index contributed by atoms with van der Waals surface area (Å²) in [6.07, 6.45) is 0.668. The van der Waals surface area contributed by atoms with Gasteiger partial charge in [-0.3, -0.25) is 4.90 Å². The maximum Gasteiger partial charge on any atom is 0.118 e. The largest absolute Gasteiger partial charge is 0.464 e. The van der Waals surface area contributed by atoms with Crippen molar-refractivity contribution < 1.29 is 18.3 Å². The Balaban J connectivity index is 1.32. The Hall–Kier alpha value is -1.56. The van der Waals surface area contributed by atoms with E-state index in [-0.39, 0.29) is 0 Å². The van der Waals surface area contributed by atoms with Crippen LogP contribution in [-0.4, -0.2) is 37.4 Å². The Morgan fingerprint density at radius 2 is 1.29 bits per heavy atom. The first-order valence-electron chi connectivity index (χ1n) is 8.69. The molecule has 0 aromatic carbocycles. The standard InChI is InChI=1S/C19H25NO4/c1-12(18-10-21-18)16-6-4-14(23-16)8-20(3)9-15-5-7-17(24-15)13(2)19-11-22-19/h4-7,12-13,18-19H,8-11H2,1-3H3. The van der Waals surface area contributed by atoms with Gasteiger partial charge in [-0.2, -0.15) is 0 Å². The summed E-state index contributed by atoms with van der Waals surface area (Å²) in [6, 6.07) is 8.26. The average molecular weight is 331 g/mol. The average Bonchev–Trinajstić information content (AvgIpc) is 3.48. The van der Waals surface area contributed by atoms with Gasteiger partial charge >= 0.3 is 0 Å². The molecule has 0 aliphatic carbocycles. The zero-order chi connectivity index (χ0) is 16.7. The van der Waals surface area contributed by atoms with Crippen LogP contribution in [0, 0.1) is 0 Å². The Morgan fingerprint density at radius 1 is 0.875 bits per heavy atom. The van der Waals surface area contributed by atoms with Gasteiger partial charge < -0.3 is 18.3 Å². The number of hydrogen-bond donors (Lipinski definition) is 0. The van der Waals surface area contributed by atoms with Crippen LogP contribution in [0.5, 0.6) is 0 Å². The van der Waals surface area contributed by atoms with Crippen LogP contribution >= 0.6 is 0 Å². The fraction of sp³-hybridized carbons (Fsp3) is 0.579. The van der Waals surface area contributed by atoms with Crippen LogP contribution in [0.2, 0.25) is 0 Å². The quantitative estimate of drug-likeness (QED) is 0.693. The van der Waals surface area contributed by atoms with E-state index in [0.717, 1.165) is 49.3 Å². The molecule has 0 amide bonds. The van der Waals surface area contributed by atoms with E-state index in [2.05, 4.69) is 50.1 Å². The van der Waals surface area contributed by atoms with Gasteiger partial charge in [0.1, 0.15) is 23.0 Å².